The number of hydrogen-bond donors (Lipinski definition) is 2. The monoisotopic (exact) mass is 566 g/mol. The van der Waals surface area contributed by atoms with Crippen molar-refractivity contribution in [2.45, 2.75) is 13.8 Å². The number of nitrogens with two attached hydrogens (primary N) is 1. The lowest BCUT2D eigenvalue weighted by atomic mass is 9.97. The van der Waals surface area contributed by atoms with Crippen LogP contribution in [0.1, 0.15) is 28.4 Å². The fourth-order valence-corrected chi connectivity index (χ4v) is 4.49. The minimum atomic E-state index is -0.837. The molecule has 0 aliphatic rings. The molecule has 4 rings (SSSR count). The molecule has 0 aliphatic heterocycles. The number of aliphatic imine (C=N–C) groups is 2. The fourth-order valence-electron chi connectivity index (χ4n) is 4.49. The third-order valence-corrected chi connectivity index (χ3v) is 6.70. The Hall–Kier alpha value is -4.95. The number of aldehydes is 1. The summed E-state index contributed by atoms with van der Waals surface area (Å²) in [6.45, 7) is 8.91. The molecule has 0 bridgehead atoms. The Balaban J connectivity index is 1.59. The first-order chi connectivity index (χ1) is 20.4. The van der Waals surface area contributed by atoms with Gasteiger partial charge in [0, 0.05) is 23.9 Å². The van der Waals surface area contributed by atoms with Gasteiger partial charge < -0.3 is 15.8 Å². The smallest absolute Gasteiger partial charge is 0.161 e. The predicted molar refractivity (Wildman–Crippen MR) is 168 cm³/mol. The Morgan fingerprint density at radius 3 is 2.29 bits per heavy atom. The van der Waals surface area contributed by atoms with Crippen LogP contribution in [0.15, 0.2) is 95.1 Å². The summed E-state index contributed by atoms with van der Waals surface area (Å²) in [7, 11) is 0. The molecule has 0 aromatic heterocycles. The summed E-state index contributed by atoms with van der Waals surface area (Å²) < 4.78 is 36.3. The van der Waals surface area contributed by atoms with Crippen molar-refractivity contribution in [1.29, 1.82) is 0 Å². The van der Waals surface area contributed by atoms with Crippen LogP contribution < -0.4 is 11.1 Å². The Kier molecular flexibility index (Phi) is 10.1. The quantitative estimate of drug-likeness (QED) is 0.104. The number of nitrogens with zero attached hydrogens (tertiary/aromatic N) is 2. The molecule has 0 saturated carbocycles. The number of carbonyl (C=O) groups excluding carboxylic acids is 1. The number of halogens is 2. The maximum atomic E-state index is 15.6. The zero-order valence-electron chi connectivity index (χ0n) is 23.5. The fraction of sp³-hybridized carbons (Fsp3) is 0.147. The topological polar surface area (TPSA) is 89.1 Å². The van der Waals surface area contributed by atoms with Crippen LogP contribution in [0, 0.1) is 18.6 Å². The summed E-state index contributed by atoms with van der Waals surface area (Å²) in [5.74, 6) is -1.59. The number of ether oxygens (including phenoxy) is 1. The first-order valence-electron chi connectivity index (χ1n) is 13.4. The highest BCUT2D eigenvalue weighted by molar-refractivity contribution is 6.08. The van der Waals surface area contributed by atoms with Crippen LogP contribution in [0.5, 0.6) is 0 Å². The summed E-state index contributed by atoms with van der Waals surface area (Å²) >= 11 is 0. The van der Waals surface area contributed by atoms with Gasteiger partial charge in [-0.2, -0.15) is 0 Å². The van der Waals surface area contributed by atoms with Crippen LogP contribution in [0.4, 0.5) is 25.8 Å². The minimum Gasteiger partial charge on any atom is -0.405 e. The van der Waals surface area contributed by atoms with Crippen molar-refractivity contribution in [1.82, 2.24) is 0 Å². The molecule has 3 N–H and O–H groups in total. The van der Waals surface area contributed by atoms with Crippen LogP contribution in [0.25, 0.3) is 22.3 Å². The van der Waals surface area contributed by atoms with Crippen LogP contribution in [-0.4, -0.2) is 38.5 Å². The van der Waals surface area contributed by atoms with Gasteiger partial charge in [0.25, 0.3) is 0 Å². The number of hydrogen-bond acceptors (Lipinski definition) is 6. The average molecular weight is 567 g/mol. The molecule has 42 heavy (non-hydrogen) atoms. The molecule has 4 aromatic rings. The van der Waals surface area contributed by atoms with Crippen LogP contribution >= 0.6 is 0 Å². The largest absolute Gasteiger partial charge is 0.405 e. The van der Waals surface area contributed by atoms with Gasteiger partial charge in [-0.25, -0.2) is 8.78 Å². The van der Waals surface area contributed by atoms with Crippen LogP contribution in [-0.2, 0) is 4.74 Å². The standard InChI is InChI=1S/C34H32F2N4O2/c1-4-42-18-17-39-30(15-16-37)25-10-6-23(7-11-25)24-8-12-26(13-9-24)32-29(35)20-31(34(38-3)33(32)36)40-28-14-5-22(2)27(19-28)21-41/h5-16,19-21,40H,3-4,17-18,37H2,1-2H3/b16-15-,39-30?. The number of rotatable bonds is 12. The lowest BCUT2D eigenvalue weighted by Crippen LogP contribution is -2.03. The van der Waals surface area contributed by atoms with Gasteiger partial charge in [-0.1, -0.05) is 54.6 Å². The second-order valence-electron chi connectivity index (χ2n) is 9.39. The number of benzene rings is 4. The Labute approximate surface area is 244 Å². The minimum absolute atomic E-state index is 0.103. The SMILES string of the molecule is C=Nc1c(Nc2ccc(C)c(C=O)c2)cc(F)c(-c2ccc(-c3ccc(C(/C=C\N)=NCCOCC)cc3)cc2)c1F. The molecular formula is C34H32F2N4O2. The van der Waals surface area contributed by atoms with Crippen molar-refractivity contribution in [3.05, 3.63) is 113 Å². The van der Waals surface area contributed by atoms with Gasteiger partial charge in [-0.05, 0) is 72.8 Å². The van der Waals surface area contributed by atoms with Gasteiger partial charge in [0.2, 0.25) is 0 Å². The van der Waals surface area contributed by atoms with E-state index < -0.39 is 11.6 Å². The Bertz CT molecular complexity index is 1630. The molecular weight excluding hydrogens is 534 g/mol. The number of nitrogens with one attached hydrogen (secondary N) is 1. The van der Waals surface area contributed by atoms with Crippen molar-refractivity contribution < 1.29 is 18.3 Å². The van der Waals surface area contributed by atoms with E-state index in [0.29, 0.717) is 36.6 Å². The summed E-state index contributed by atoms with van der Waals surface area (Å²) in [5.41, 5.74) is 11.0. The first kappa shape index (κ1) is 30.0. The normalized spacial score (nSPS) is 11.6. The van der Waals surface area contributed by atoms with E-state index in [-0.39, 0.29) is 16.9 Å². The number of allylic oxidation sites excluding steroid dienone is 1. The molecule has 0 heterocycles. The van der Waals surface area contributed by atoms with Crippen LogP contribution in [0.2, 0.25) is 0 Å². The highest BCUT2D eigenvalue weighted by Crippen LogP contribution is 2.39. The van der Waals surface area contributed by atoms with Crippen molar-refractivity contribution in [3.8, 4) is 22.3 Å². The van der Waals surface area contributed by atoms with E-state index in [1.165, 1.54) is 12.3 Å². The zero-order valence-corrected chi connectivity index (χ0v) is 23.5. The third kappa shape index (κ3) is 6.85. The van der Waals surface area contributed by atoms with Gasteiger partial charge in [-0.3, -0.25) is 14.8 Å². The van der Waals surface area contributed by atoms with Gasteiger partial charge in [-0.15, -0.1) is 0 Å². The lowest BCUT2D eigenvalue weighted by molar-refractivity contribution is 0.112. The maximum Gasteiger partial charge on any atom is 0.161 e. The van der Waals surface area contributed by atoms with Crippen molar-refractivity contribution >= 4 is 35.8 Å². The molecule has 214 valence electrons. The highest BCUT2D eigenvalue weighted by Gasteiger charge is 2.20. The molecule has 0 aliphatic carbocycles. The molecule has 0 radical (unpaired) electrons. The molecule has 8 heteroatoms. The third-order valence-electron chi connectivity index (χ3n) is 6.70. The molecule has 0 spiro atoms. The molecule has 6 nitrogen and oxygen atoms in total. The van der Waals surface area contributed by atoms with E-state index in [9.17, 15) is 4.79 Å². The average Bonchev–Trinajstić information content (AvgIpc) is 3.00. The molecule has 4 aromatic carbocycles. The second-order valence-corrected chi connectivity index (χ2v) is 9.39. The predicted octanol–water partition coefficient (Wildman–Crippen LogP) is 7.79. The van der Waals surface area contributed by atoms with Gasteiger partial charge in [0.1, 0.15) is 17.8 Å². The van der Waals surface area contributed by atoms with Crippen molar-refractivity contribution in [3.63, 3.8) is 0 Å². The first-order valence-corrected chi connectivity index (χ1v) is 13.4. The van der Waals surface area contributed by atoms with Crippen LogP contribution in [0.3, 0.4) is 0 Å². The number of aryl methyl sites for hydroxylation is 1. The van der Waals surface area contributed by atoms with E-state index in [0.717, 1.165) is 34.3 Å². The van der Waals surface area contributed by atoms with Gasteiger partial charge in [0.15, 0.2) is 5.82 Å². The summed E-state index contributed by atoms with van der Waals surface area (Å²) in [5, 5.41) is 2.95. The van der Waals surface area contributed by atoms with Gasteiger partial charge >= 0.3 is 0 Å². The number of anilines is 2. The molecule has 0 unspecified atom stereocenters. The summed E-state index contributed by atoms with van der Waals surface area (Å²) in [4.78, 5) is 19.7. The van der Waals surface area contributed by atoms with E-state index in [2.05, 4.69) is 22.0 Å². The van der Waals surface area contributed by atoms with Gasteiger partial charge in [0.05, 0.1) is 30.1 Å². The van der Waals surface area contributed by atoms with Crippen molar-refractivity contribution in [2.24, 2.45) is 15.7 Å². The van der Waals surface area contributed by atoms with E-state index in [1.54, 1.807) is 55.5 Å². The summed E-state index contributed by atoms with van der Waals surface area (Å²) in [6, 6.07) is 21.0. The van der Waals surface area contributed by atoms with E-state index in [1.807, 2.05) is 31.2 Å². The van der Waals surface area contributed by atoms with E-state index >= 15 is 8.78 Å². The number of carbonyl (C=O) groups is 1. The molecule has 0 fully saturated rings. The van der Waals surface area contributed by atoms with Crippen molar-refractivity contribution in [2.75, 3.05) is 25.1 Å². The molecule has 0 amide bonds. The summed E-state index contributed by atoms with van der Waals surface area (Å²) in [6.07, 6.45) is 3.92. The maximum absolute atomic E-state index is 15.6. The zero-order chi connectivity index (χ0) is 30.1. The highest BCUT2D eigenvalue weighted by atomic mass is 19.1. The lowest BCUT2D eigenvalue weighted by Gasteiger charge is -2.15. The second kappa shape index (κ2) is 14.1. The Morgan fingerprint density at radius 2 is 1.67 bits per heavy atom. The van der Waals surface area contributed by atoms with E-state index in [4.69, 9.17) is 10.5 Å². The molecule has 0 atom stereocenters. The molecule has 0 saturated heterocycles. The Morgan fingerprint density at radius 1 is 1.00 bits per heavy atom.